The zero-order valence-corrected chi connectivity index (χ0v) is 19.2. The van der Waals surface area contributed by atoms with Gasteiger partial charge >= 0.3 is 6.09 Å². The van der Waals surface area contributed by atoms with Crippen molar-refractivity contribution in [1.29, 1.82) is 0 Å². The van der Waals surface area contributed by atoms with Gasteiger partial charge in [-0.25, -0.2) is 22.3 Å². The van der Waals surface area contributed by atoms with Gasteiger partial charge in [0, 0.05) is 25.0 Å². The Morgan fingerprint density at radius 3 is 2.56 bits per heavy atom. The van der Waals surface area contributed by atoms with Crippen LogP contribution in [0.1, 0.15) is 26.5 Å². The second-order valence-corrected chi connectivity index (χ2v) is 10.6. The summed E-state index contributed by atoms with van der Waals surface area (Å²) in [4.78, 5) is 16.6. The lowest BCUT2D eigenvalue weighted by molar-refractivity contribution is 0.122. The first-order valence-corrected chi connectivity index (χ1v) is 11.4. The average molecular weight is 481 g/mol. The van der Waals surface area contributed by atoms with Crippen LogP contribution in [-0.4, -0.2) is 45.8 Å². The van der Waals surface area contributed by atoms with Gasteiger partial charge in [-0.3, -0.25) is 4.98 Å². The van der Waals surface area contributed by atoms with Crippen LogP contribution >= 0.6 is 11.6 Å². The Kier molecular flexibility index (Phi) is 6.56. The van der Waals surface area contributed by atoms with Crippen molar-refractivity contribution in [3.63, 3.8) is 0 Å². The van der Waals surface area contributed by atoms with Crippen molar-refractivity contribution in [2.45, 2.75) is 37.2 Å². The normalized spacial score (nSPS) is 12.0. The Morgan fingerprint density at radius 2 is 1.97 bits per heavy atom. The SMILES string of the molecule is CC(C)(C)CN(Cc1cc(S(=O)(=O)c2cccnc2)n(-c2cccc(F)c2Cl)n1)C(=O)O. The first-order valence-electron chi connectivity index (χ1n) is 9.56. The Balaban J connectivity index is 2.16. The summed E-state index contributed by atoms with van der Waals surface area (Å²) < 4.78 is 41.8. The molecule has 2 heterocycles. The van der Waals surface area contributed by atoms with Crippen LogP contribution in [0.3, 0.4) is 0 Å². The molecule has 0 fully saturated rings. The average Bonchev–Trinajstić information content (AvgIpc) is 3.13. The third kappa shape index (κ3) is 5.08. The predicted molar refractivity (Wildman–Crippen MR) is 116 cm³/mol. The fraction of sp³-hybridized carbons (Fsp3) is 0.286. The number of hydrogen-bond acceptors (Lipinski definition) is 5. The minimum Gasteiger partial charge on any atom is -0.465 e. The van der Waals surface area contributed by atoms with Crippen LogP contribution in [0.15, 0.2) is 58.7 Å². The quantitative estimate of drug-likeness (QED) is 0.560. The van der Waals surface area contributed by atoms with E-state index in [0.29, 0.717) is 0 Å². The summed E-state index contributed by atoms with van der Waals surface area (Å²) in [6, 6.07) is 8.05. The molecule has 8 nitrogen and oxygen atoms in total. The molecule has 2 aromatic heterocycles. The monoisotopic (exact) mass is 480 g/mol. The van der Waals surface area contributed by atoms with E-state index in [2.05, 4.69) is 10.1 Å². The first kappa shape index (κ1) is 23.7. The van der Waals surface area contributed by atoms with Gasteiger partial charge in [-0.05, 0) is 29.7 Å². The van der Waals surface area contributed by atoms with Crippen LogP contribution in [0.4, 0.5) is 9.18 Å². The fourth-order valence-corrected chi connectivity index (χ4v) is 4.66. The molecule has 0 atom stereocenters. The molecule has 0 radical (unpaired) electrons. The number of halogens is 2. The highest BCUT2D eigenvalue weighted by molar-refractivity contribution is 7.91. The maximum atomic E-state index is 14.1. The molecule has 0 spiro atoms. The molecule has 0 unspecified atom stereocenters. The molecule has 0 aliphatic heterocycles. The predicted octanol–water partition coefficient (Wildman–Crippen LogP) is 4.42. The highest BCUT2D eigenvalue weighted by atomic mass is 35.5. The van der Waals surface area contributed by atoms with Crippen molar-refractivity contribution in [2.24, 2.45) is 5.41 Å². The van der Waals surface area contributed by atoms with Gasteiger partial charge in [0.15, 0.2) is 5.03 Å². The summed E-state index contributed by atoms with van der Waals surface area (Å²) in [7, 11) is -4.13. The van der Waals surface area contributed by atoms with Crippen molar-refractivity contribution in [3.05, 3.63) is 65.3 Å². The van der Waals surface area contributed by atoms with Crippen molar-refractivity contribution >= 4 is 27.5 Å². The van der Waals surface area contributed by atoms with E-state index >= 15 is 0 Å². The lowest BCUT2D eigenvalue weighted by Crippen LogP contribution is -2.36. The van der Waals surface area contributed by atoms with Gasteiger partial charge in [0.05, 0.1) is 22.8 Å². The Morgan fingerprint density at radius 1 is 1.25 bits per heavy atom. The molecule has 32 heavy (non-hydrogen) atoms. The van der Waals surface area contributed by atoms with Crippen molar-refractivity contribution in [2.75, 3.05) is 6.54 Å². The molecule has 1 aromatic carbocycles. The molecule has 0 aliphatic carbocycles. The largest absolute Gasteiger partial charge is 0.465 e. The number of sulfone groups is 1. The third-order valence-electron chi connectivity index (χ3n) is 4.40. The van der Waals surface area contributed by atoms with Crippen LogP contribution in [0.2, 0.25) is 5.02 Å². The number of hydrogen-bond donors (Lipinski definition) is 1. The zero-order valence-electron chi connectivity index (χ0n) is 17.7. The van der Waals surface area contributed by atoms with E-state index in [1.165, 1.54) is 42.7 Å². The number of rotatable bonds is 6. The van der Waals surface area contributed by atoms with E-state index in [0.717, 1.165) is 15.6 Å². The smallest absolute Gasteiger partial charge is 0.407 e. The molecule has 3 aromatic rings. The lowest BCUT2D eigenvalue weighted by Gasteiger charge is -2.27. The van der Waals surface area contributed by atoms with Gasteiger partial charge in [0.25, 0.3) is 0 Å². The minimum atomic E-state index is -4.13. The number of pyridine rings is 1. The zero-order chi connectivity index (χ0) is 23.7. The van der Waals surface area contributed by atoms with E-state index < -0.39 is 21.7 Å². The van der Waals surface area contributed by atoms with Gasteiger partial charge in [0.2, 0.25) is 9.84 Å². The van der Waals surface area contributed by atoms with E-state index in [1.807, 2.05) is 20.8 Å². The number of carboxylic acid groups (broad SMARTS) is 1. The van der Waals surface area contributed by atoms with Crippen LogP contribution in [-0.2, 0) is 16.4 Å². The molecular weight excluding hydrogens is 459 g/mol. The summed E-state index contributed by atoms with van der Waals surface area (Å²) in [5.41, 5.74) is -0.158. The van der Waals surface area contributed by atoms with Crippen LogP contribution in [0, 0.1) is 11.2 Å². The summed E-state index contributed by atoms with van der Waals surface area (Å²) in [5.74, 6) is -0.745. The number of aromatic nitrogens is 3. The summed E-state index contributed by atoms with van der Waals surface area (Å²) in [5, 5.41) is 13.3. The molecule has 0 aliphatic rings. The molecule has 1 amide bonds. The maximum Gasteiger partial charge on any atom is 0.407 e. The van der Waals surface area contributed by atoms with E-state index in [9.17, 15) is 22.7 Å². The van der Waals surface area contributed by atoms with Crippen molar-refractivity contribution < 1.29 is 22.7 Å². The summed E-state index contributed by atoms with van der Waals surface area (Å²) in [6.45, 7) is 5.67. The standard InChI is InChI=1S/C21H22ClFN4O4S/c1-21(2,3)13-26(20(28)29)12-14-10-18(32(30,31)15-6-5-9-24-11-15)27(25-14)17-8-4-7-16(23)19(17)22/h4-11H,12-13H2,1-3H3,(H,28,29). The maximum absolute atomic E-state index is 14.1. The van der Waals surface area contributed by atoms with Gasteiger partial charge in [-0.1, -0.05) is 38.4 Å². The number of benzene rings is 1. The number of amides is 1. The topological polar surface area (TPSA) is 105 Å². The van der Waals surface area contributed by atoms with Crippen molar-refractivity contribution in [1.82, 2.24) is 19.7 Å². The fourth-order valence-electron chi connectivity index (χ4n) is 3.09. The van der Waals surface area contributed by atoms with Gasteiger partial charge in [-0.2, -0.15) is 5.10 Å². The van der Waals surface area contributed by atoms with Gasteiger partial charge < -0.3 is 10.0 Å². The molecule has 0 bridgehead atoms. The highest BCUT2D eigenvalue weighted by Crippen LogP contribution is 2.29. The van der Waals surface area contributed by atoms with Gasteiger partial charge in [0.1, 0.15) is 10.8 Å². The second-order valence-electron chi connectivity index (χ2n) is 8.35. The third-order valence-corrected chi connectivity index (χ3v) is 6.47. The molecule has 170 valence electrons. The van der Waals surface area contributed by atoms with Gasteiger partial charge in [-0.15, -0.1) is 0 Å². The highest BCUT2D eigenvalue weighted by Gasteiger charge is 2.28. The molecule has 3 rings (SSSR count). The lowest BCUT2D eigenvalue weighted by atomic mass is 9.96. The van der Waals surface area contributed by atoms with Crippen molar-refractivity contribution in [3.8, 4) is 5.69 Å². The van der Waals surface area contributed by atoms with Crippen LogP contribution in [0.25, 0.3) is 5.69 Å². The minimum absolute atomic E-state index is 0.0121. The molecule has 1 N–H and O–H groups in total. The van der Waals surface area contributed by atoms with Crippen LogP contribution < -0.4 is 0 Å². The van der Waals surface area contributed by atoms with E-state index in [4.69, 9.17) is 11.6 Å². The number of carbonyl (C=O) groups is 1. The van der Waals surface area contributed by atoms with E-state index in [-0.39, 0.29) is 44.8 Å². The summed E-state index contributed by atoms with van der Waals surface area (Å²) >= 11 is 6.10. The van der Waals surface area contributed by atoms with Crippen LogP contribution in [0.5, 0.6) is 0 Å². The molecule has 0 saturated carbocycles. The second kappa shape index (κ2) is 8.87. The Hall–Kier alpha value is -2.98. The molecule has 0 saturated heterocycles. The Labute approximate surface area is 190 Å². The first-order chi connectivity index (χ1) is 14.9. The summed E-state index contributed by atoms with van der Waals surface area (Å²) in [6.07, 6.45) is 1.44. The Bertz CT molecular complexity index is 1240. The van der Waals surface area contributed by atoms with E-state index in [1.54, 1.807) is 0 Å². The number of nitrogens with zero attached hydrogens (tertiary/aromatic N) is 4. The molecule has 11 heteroatoms. The molecular formula is C21H22ClFN4O4S.